The molecule has 5 rings (SSSR count). The van der Waals surface area contributed by atoms with Crippen molar-refractivity contribution in [3.05, 3.63) is 110 Å². The number of thiocarbonyl (C=S) groups is 1. The SMILES string of the molecule is O=C1/C(=C/c2cc(Br)ccc2OCc2ccccc2Cl)SC(=S)N1c1cccc2ccccc12. The van der Waals surface area contributed by atoms with Crippen molar-refractivity contribution in [1.29, 1.82) is 0 Å². The van der Waals surface area contributed by atoms with Crippen molar-refractivity contribution in [3.63, 3.8) is 0 Å². The molecular formula is C27H17BrClNO2S2. The van der Waals surface area contributed by atoms with Gasteiger partial charge in [0.05, 0.1) is 10.6 Å². The number of thioether (sulfide) groups is 1. The molecule has 0 aliphatic carbocycles. The van der Waals surface area contributed by atoms with E-state index < -0.39 is 0 Å². The lowest BCUT2D eigenvalue weighted by atomic mass is 10.1. The van der Waals surface area contributed by atoms with E-state index in [2.05, 4.69) is 15.9 Å². The van der Waals surface area contributed by atoms with Crippen LogP contribution in [0.25, 0.3) is 16.8 Å². The van der Waals surface area contributed by atoms with E-state index in [1.807, 2.05) is 91.0 Å². The van der Waals surface area contributed by atoms with Crippen LogP contribution < -0.4 is 9.64 Å². The molecule has 0 radical (unpaired) electrons. The molecule has 0 bridgehead atoms. The van der Waals surface area contributed by atoms with Crippen LogP contribution in [0, 0.1) is 0 Å². The molecule has 0 spiro atoms. The van der Waals surface area contributed by atoms with Gasteiger partial charge >= 0.3 is 0 Å². The molecule has 0 N–H and O–H groups in total. The van der Waals surface area contributed by atoms with Gasteiger partial charge in [0.2, 0.25) is 0 Å². The van der Waals surface area contributed by atoms with Crippen molar-refractivity contribution >= 4 is 84.3 Å². The van der Waals surface area contributed by atoms with Crippen molar-refractivity contribution in [1.82, 2.24) is 0 Å². The predicted molar refractivity (Wildman–Crippen MR) is 150 cm³/mol. The molecular weight excluding hydrogens is 550 g/mol. The number of hydrogen-bond donors (Lipinski definition) is 0. The average molecular weight is 567 g/mol. The van der Waals surface area contributed by atoms with Gasteiger partial charge in [0.1, 0.15) is 12.4 Å². The third kappa shape index (κ3) is 4.64. The van der Waals surface area contributed by atoms with Gasteiger partial charge in [-0.25, -0.2) is 0 Å². The Kier molecular flexibility index (Phi) is 6.75. The summed E-state index contributed by atoms with van der Waals surface area (Å²) in [5.41, 5.74) is 2.45. The number of fused-ring (bicyclic) bond motifs is 1. The molecule has 4 aromatic rings. The molecule has 1 fully saturated rings. The zero-order valence-electron chi connectivity index (χ0n) is 17.7. The topological polar surface area (TPSA) is 29.5 Å². The zero-order valence-corrected chi connectivity index (χ0v) is 21.7. The van der Waals surface area contributed by atoms with Crippen molar-refractivity contribution in [2.75, 3.05) is 4.90 Å². The number of benzene rings is 4. The van der Waals surface area contributed by atoms with Crippen molar-refractivity contribution in [2.24, 2.45) is 0 Å². The number of anilines is 1. The van der Waals surface area contributed by atoms with Crippen LogP contribution in [0.4, 0.5) is 5.69 Å². The predicted octanol–water partition coefficient (Wildman–Crippen LogP) is 8.24. The molecule has 4 aromatic carbocycles. The second-order valence-electron chi connectivity index (χ2n) is 7.58. The molecule has 1 heterocycles. The number of carbonyl (C=O) groups excluding carboxylic acids is 1. The zero-order chi connectivity index (χ0) is 23.7. The summed E-state index contributed by atoms with van der Waals surface area (Å²) >= 11 is 16.7. The van der Waals surface area contributed by atoms with E-state index in [9.17, 15) is 4.79 Å². The maximum Gasteiger partial charge on any atom is 0.270 e. The fourth-order valence-corrected chi connectivity index (χ4v) is 5.60. The average Bonchev–Trinajstić information content (AvgIpc) is 3.11. The van der Waals surface area contributed by atoms with E-state index in [1.165, 1.54) is 11.8 Å². The Balaban J connectivity index is 1.47. The van der Waals surface area contributed by atoms with E-state index in [1.54, 1.807) is 4.90 Å². The highest BCUT2D eigenvalue weighted by atomic mass is 79.9. The lowest BCUT2D eigenvalue weighted by Gasteiger charge is -2.17. The van der Waals surface area contributed by atoms with Crippen LogP contribution in [0.15, 0.2) is 94.3 Å². The van der Waals surface area contributed by atoms with E-state index in [4.69, 9.17) is 28.6 Å². The van der Waals surface area contributed by atoms with Crippen molar-refractivity contribution in [2.45, 2.75) is 6.61 Å². The van der Waals surface area contributed by atoms with E-state index in [0.29, 0.717) is 26.6 Å². The third-order valence-electron chi connectivity index (χ3n) is 5.40. The lowest BCUT2D eigenvalue weighted by Crippen LogP contribution is -2.27. The molecule has 3 nitrogen and oxygen atoms in total. The maximum atomic E-state index is 13.5. The fraction of sp³-hybridized carbons (Fsp3) is 0.0370. The van der Waals surface area contributed by atoms with Crippen LogP contribution in [0.5, 0.6) is 5.75 Å². The van der Waals surface area contributed by atoms with Gasteiger partial charge in [0.25, 0.3) is 5.91 Å². The van der Waals surface area contributed by atoms with Gasteiger partial charge in [0, 0.05) is 26.0 Å². The molecule has 0 atom stereocenters. The first kappa shape index (κ1) is 23.1. The molecule has 1 amide bonds. The summed E-state index contributed by atoms with van der Waals surface area (Å²) in [5, 5.41) is 2.69. The van der Waals surface area contributed by atoms with Crippen molar-refractivity contribution in [3.8, 4) is 5.75 Å². The quantitative estimate of drug-likeness (QED) is 0.180. The molecule has 34 heavy (non-hydrogen) atoms. The highest BCUT2D eigenvalue weighted by molar-refractivity contribution is 9.10. The van der Waals surface area contributed by atoms with Crippen LogP contribution in [0.2, 0.25) is 5.02 Å². The Hall–Kier alpha value is -2.64. The number of rotatable bonds is 5. The minimum atomic E-state index is -0.150. The Bertz CT molecular complexity index is 1460. The van der Waals surface area contributed by atoms with Gasteiger partial charge in [-0.05, 0) is 41.8 Å². The van der Waals surface area contributed by atoms with Gasteiger partial charge in [-0.3, -0.25) is 9.69 Å². The first-order chi connectivity index (χ1) is 16.5. The molecule has 7 heteroatoms. The molecule has 0 aromatic heterocycles. The normalized spacial score (nSPS) is 14.9. The second-order valence-corrected chi connectivity index (χ2v) is 10.6. The van der Waals surface area contributed by atoms with Gasteiger partial charge < -0.3 is 4.74 Å². The Labute approximate surface area is 220 Å². The smallest absolute Gasteiger partial charge is 0.270 e. The third-order valence-corrected chi connectivity index (χ3v) is 7.56. The Morgan fingerprint density at radius 3 is 2.62 bits per heavy atom. The first-order valence-corrected chi connectivity index (χ1v) is 12.8. The summed E-state index contributed by atoms with van der Waals surface area (Å²) in [5.74, 6) is 0.502. The summed E-state index contributed by atoms with van der Waals surface area (Å²) in [6.45, 7) is 0.319. The Morgan fingerprint density at radius 2 is 1.76 bits per heavy atom. The van der Waals surface area contributed by atoms with Gasteiger partial charge in [-0.1, -0.05) is 106 Å². The number of halogens is 2. The Morgan fingerprint density at radius 1 is 1.00 bits per heavy atom. The first-order valence-electron chi connectivity index (χ1n) is 10.4. The van der Waals surface area contributed by atoms with E-state index in [-0.39, 0.29) is 5.91 Å². The summed E-state index contributed by atoms with van der Waals surface area (Å²) < 4.78 is 7.47. The van der Waals surface area contributed by atoms with Gasteiger partial charge in [0.15, 0.2) is 4.32 Å². The summed E-state index contributed by atoms with van der Waals surface area (Å²) in [4.78, 5) is 15.6. The highest BCUT2D eigenvalue weighted by Crippen LogP contribution is 2.40. The molecule has 1 aliphatic heterocycles. The molecule has 1 saturated heterocycles. The summed E-state index contributed by atoms with van der Waals surface area (Å²) in [7, 11) is 0. The van der Waals surface area contributed by atoms with Crippen LogP contribution >= 0.6 is 51.5 Å². The molecule has 0 saturated carbocycles. The number of amides is 1. The standard InChI is InChI=1S/C27H17BrClNO2S2/c28-20-12-13-24(32-16-18-7-2-4-10-22(18)29)19(14-20)15-25-26(31)30(27(33)34-25)23-11-5-8-17-6-1-3-9-21(17)23/h1-15H,16H2/b25-15-. The number of ether oxygens (including phenoxy) is 1. The van der Waals surface area contributed by atoms with Crippen LogP contribution in [0.3, 0.4) is 0 Å². The van der Waals surface area contributed by atoms with Crippen LogP contribution in [0.1, 0.15) is 11.1 Å². The van der Waals surface area contributed by atoms with Crippen LogP contribution in [-0.4, -0.2) is 10.2 Å². The maximum absolute atomic E-state index is 13.5. The van der Waals surface area contributed by atoms with E-state index in [0.717, 1.165) is 32.1 Å². The van der Waals surface area contributed by atoms with Crippen molar-refractivity contribution < 1.29 is 9.53 Å². The number of hydrogen-bond acceptors (Lipinski definition) is 4. The second kappa shape index (κ2) is 9.92. The summed E-state index contributed by atoms with van der Waals surface area (Å²) in [6.07, 6.45) is 1.83. The van der Waals surface area contributed by atoms with Crippen LogP contribution in [-0.2, 0) is 11.4 Å². The van der Waals surface area contributed by atoms with Gasteiger partial charge in [-0.2, -0.15) is 0 Å². The minimum absolute atomic E-state index is 0.150. The summed E-state index contributed by atoms with van der Waals surface area (Å²) in [6, 6.07) is 27.1. The molecule has 168 valence electrons. The number of nitrogens with zero attached hydrogens (tertiary/aromatic N) is 1. The number of carbonyl (C=O) groups is 1. The largest absolute Gasteiger partial charge is 0.488 e. The monoisotopic (exact) mass is 565 g/mol. The fourth-order valence-electron chi connectivity index (χ4n) is 3.75. The lowest BCUT2D eigenvalue weighted by molar-refractivity contribution is -0.113. The van der Waals surface area contributed by atoms with Gasteiger partial charge in [-0.15, -0.1) is 0 Å². The molecule has 0 unspecified atom stereocenters. The van der Waals surface area contributed by atoms with E-state index >= 15 is 0 Å². The molecule has 1 aliphatic rings. The minimum Gasteiger partial charge on any atom is -0.488 e. The highest BCUT2D eigenvalue weighted by Gasteiger charge is 2.34.